The van der Waals surface area contributed by atoms with Crippen molar-refractivity contribution in [1.29, 1.82) is 0 Å². The highest BCUT2D eigenvalue weighted by molar-refractivity contribution is 5.56. The van der Waals surface area contributed by atoms with Gasteiger partial charge in [-0.15, -0.1) is 0 Å². The predicted octanol–water partition coefficient (Wildman–Crippen LogP) is 4.05. The van der Waals surface area contributed by atoms with Crippen molar-refractivity contribution in [1.82, 2.24) is 5.32 Å². The molecule has 3 nitrogen and oxygen atoms in total. The van der Waals surface area contributed by atoms with Crippen molar-refractivity contribution in [2.75, 3.05) is 18.5 Å². The molecule has 0 spiro atoms. The molecule has 2 rings (SSSR count). The summed E-state index contributed by atoms with van der Waals surface area (Å²) in [5.41, 5.74) is 1.11. The van der Waals surface area contributed by atoms with E-state index in [4.69, 9.17) is 4.74 Å². The molecule has 1 saturated heterocycles. The van der Waals surface area contributed by atoms with E-state index < -0.39 is 0 Å². The van der Waals surface area contributed by atoms with Crippen LogP contribution in [0.3, 0.4) is 0 Å². The molecule has 1 aromatic carbocycles. The van der Waals surface area contributed by atoms with Gasteiger partial charge in [0.15, 0.2) is 0 Å². The minimum atomic E-state index is 0.449. The van der Waals surface area contributed by atoms with E-state index in [1.165, 1.54) is 32.2 Å². The van der Waals surface area contributed by atoms with E-state index in [0.29, 0.717) is 18.0 Å². The molecule has 118 valence electrons. The van der Waals surface area contributed by atoms with Crippen LogP contribution in [0.1, 0.15) is 46.5 Å². The number of hydrogen-bond donors (Lipinski definition) is 2. The normalized spacial score (nSPS) is 20.3. The van der Waals surface area contributed by atoms with Gasteiger partial charge in [0.05, 0.1) is 12.3 Å². The zero-order valence-electron chi connectivity index (χ0n) is 13.7. The summed E-state index contributed by atoms with van der Waals surface area (Å²) in [6.45, 7) is 8.54. The number of piperidine rings is 1. The monoisotopic (exact) mass is 290 g/mol. The Balaban J connectivity index is 1.88. The van der Waals surface area contributed by atoms with E-state index in [9.17, 15) is 0 Å². The largest absolute Gasteiger partial charge is 0.491 e. The molecule has 0 aliphatic carbocycles. The third-order valence-corrected chi connectivity index (χ3v) is 3.91. The number of para-hydroxylation sites is 2. The molecule has 2 unspecified atom stereocenters. The quantitative estimate of drug-likeness (QED) is 0.794. The van der Waals surface area contributed by atoms with Gasteiger partial charge in [0.1, 0.15) is 5.75 Å². The highest BCUT2D eigenvalue weighted by Gasteiger charge is 2.16. The number of nitrogens with one attached hydrogen (secondary N) is 2. The summed E-state index contributed by atoms with van der Waals surface area (Å²) >= 11 is 0. The van der Waals surface area contributed by atoms with Crippen molar-refractivity contribution >= 4 is 5.69 Å². The van der Waals surface area contributed by atoms with Crippen molar-refractivity contribution in [3.8, 4) is 5.75 Å². The van der Waals surface area contributed by atoms with E-state index >= 15 is 0 Å². The Labute approximate surface area is 129 Å². The van der Waals surface area contributed by atoms with Crippen LogP contribution < -0.4 is 15.4 Å². The molecule has 21 heavy (non-hydrogen) atoms. The van der Waals surface area contributed by atoms with Gasteiger partial charge < -0.3 is 15.4 Å². The molecular weight excluding hydrogens is 260 g/mol. The first-order valence-electron chi connectivity index (χ1n) is 8.37. The lowest BCUT2D eigenvalue weighted by atomic mass is 9.98. The number of anilines is 1. The Morgan fingerprint density at radius 2 is 2.05 bits per heavy atom. The summed E-state index contributed by atoms with van der Waals surface area (Å²) in [4.78, 5) is 0. The van der Waals surface area contributed by atoms with Crippen LogP contribution in [0.15, 0.2) is 24.3 Å². The second kappa shape index (κ2) is 8.28. The van der Waals surface area contributed by atoms with Gasteiger partial charge in [-0.2, -0.15) is 0 Å². The second-order valence-electron chi connectivity index (χ2n) is 6.63. The topological polar surface area (TPSA) is 33.3 Å². The Morgan fingerprint density at radius 1 is 1.24 bits per heavy atom. The molecule has 0 bridgehead atoms. The van der Waals surface area contributed by atoms with Crippen molar-refractivity contribution < 1.29 is 4.74 Å². The zero-order chi connectivity index (χ0) is 15.1. The van der Waals surface area contributed by atoms with E-state index in [0.717, 1.165) is 18.0 Å². The molecule has 0 saturated carbocycles. The molecule has 0 amide bonds. The number of ether oxygens (including phenoxy) is 1. The van der Waals surface area contributed by atoms with Crippen molar-refractivity contribution in [3.63, 3.8) is 0 Å². The minimum Gasteiger partial charge on any atom is -0.491 e. The standard InChI is InChI=1S/C18H30N2O/c1-14(2)13-21-18-10-5-4-9-17(18)20-15(3)12-16-8-6-7-11-19-16/h4-5,9-10,14-16,19-20H,6-8,11-13H2,1-3H3. The molecule has 2 atom stereocenters. The lowest BCUT2D eigenvalue weighted by Crippen LogP contribution is -2.37. The van der Waals surface area contributed by atoms with E-state index in [1.807, 2.05) is 6.07 Å². The van der Waals surface area contributed by atoms with Crippen molar-refractivity contribution in [3.05, 3.63) is 24.3 Å². The maximum Gasteiger partial charge on any atom is 0.142 e. The van der Waals surface area contributed by atoms with Crippen molar-refractivity contribution in [2.24, 2.45) is 5.92 Å². The Bertz CT molecular complexity index is 413. The third kappa shape index (κ3) is 5.58. The van der Waals surface area contributed by atoms with Crippen LogP contribution in [-0.2, 0) is 0 Å². The first-order valence-corrected chi connectivity index (χ1v) is 8.37. The fourth-order valence-electron chi connectivity index (χ4n) is 2.84. The maximum atomic E-state index is 5.91. The molecule has 1 aliphatic rings. The van der Waals surface area contributed by atoms with Crippen LogP contribution >= 0.6 is 0 Å². The smallest absolute Gasteiger partial charge is 0.142 e. The van der Waals surface area contributed by atoms with Gasteiger partial charge in [-0.05, 0) is 50.8 Å². The summed E-state index contributed by atoms with van der Waals surface area (Å²) in [7, 11) is 0. The highest BCUT2D eigenvalue weighted by Crippen LogP contribution is 2.26. The predicted molar refractivity (Wildman–Crippen MR) is 90.1 cm³/mol. The molecule has 1 heterocycles. The molecule has 1 aliphatic heterocycles. The Kier molecular flexibility index (Phi) is 6.37. The minimum absolute atomic E-state index is 0.449. The van der Waals surface area contributed by atoms with Gasteiger partial charge in [0, 0.05) is 12.1 Å². The first kappa shape index (κ1) is 16.2. The Hall–Kier alpha value is -1.22. The van der Waals surface area contributed by atoms with Gasteiger partial charge in [0.25, 0.3) is 0 Å². The molecule has 1 fully saturated rings. The summed E-state index contributed by atoms with van der Waals surface area (Å²) in [6, 6.07) is 9.37. The Morgan fingerprint density at radius 3 is 2.76 bits per heavy atom. The molecular formula is C18H30N2O. The average molecular weight is 290 g/mol. The summed E-state index contributed by atoms with van der Waals surface area (Å²) in [6.07, 6.45) is 5.15. The maximum absolute atomic E-state index is 5.91. The fourth-order valence-corrected chi connectivity index (χ4v) is 2.84. The lowest BCUT2D eigenvalue weighted by molar-refractivity contribution is 0.272. The summed E-state index contributed by atoms with van der Waals surface area (Å²) in [5.74, 6) is 1.51. The number of benzene rings is 1. The fraction of sp³-hybridized carbons (Fsp3) is 0.667. The van der Waals surface area contributed by atoms with Crippen LogP contribution in [0.25, 0.3) is 0 Å². The molecule has 0 aromatic heterocycles. The zero-order valence-corrected chi connectivity index (χ0v) is 13.7. The second-order valence-corrected chi connectivity index (χ2v) is 6.63. The van der Waals surface area contributed by atoms with Gasteiger partial charge in [-0.25, -0.2) is 0 Å². The average Bonchev–Trinajstić information content (AvgIpc) is 2.47. The van der Waals surface area contributed by atoms with Gasteiger partial charge in [0.2, 0.25) is 0 Å². The van der Waals surface area contributed by atoms with Gasteiger partial charge in [-0.1, -0.05) is 32.4 Å². The van der Waals surface area contributed by atoms with Crippen LogP contribution in [-0.4, -0.2) is 25.2 Å². The van der Waals surface area contributed by atoms with E-state index in [1.54, 1.807) is 0 Å². The SMILES string of the molecule is CC(C)COc1ccccc1NC(C)CC1CCCCN1. The highest BCUT2D eigenvalue weighted by atomic mass is 16.5. The van der Waals surface area contributed by atoms with E-state index in [-0.39, 0.29) is 0 Å². The van der Waals surface area contributed by atoms with Crippen LogP contribution in [0.5, 0.6) is 5.75 Å². The molecule has 0 radical (unpaired) electrons. The number of hydrogen-bond acceptors (Lipinski definition) is 3. The van der Waals surface area contributed by atoms with Crippen molar-refractivity contribution in [2.45, 2.75) is 58.5 Å². The van der Waals surface area contributed by atoms with Crippen LogP contribution in [0.4, 0.5) is 5.69 Å². The summed E-state index contributed by atoms with van der Waals surface area (Å²) < 4.78 is 5.91. The number of rotatable bonds is 7. The lowest BCUT2D eigenvalue weighted by Gasteiger charge is -2.27. The molecule has 3 heteroatoms. The summed E-state index contributed by atoms with van der Waals surface area (Å²) in [5, 5.41) is 7.24. The van der Waals surface area contributed by atoms with E-state index in [2.05, 4.69) is 49.6 Å². The van der Waals surface area contributed by atoms with Gasteiger partial charge >= 0.3 is 0 Å². The van der Waals surface area contributed by atoms with Crippen LogP contribution in [0.2, 0.25) is 0 Å². The first-order chi connectivity index (χ1) is 10.1. The van der Waals surface area contributed by atoms with Gasteiger partial charge in [-0.3, -0.25) is 0 Å². The van der Waals surface area contributed by atoms with Crippen LogP contribution in [0, 0.1) is 5.92 Å². The third-order valence-electron chi connectivity index (χ3n) is 3.91. The molecule has 2 N–H and O–H groups in total. The molecule has 1 aromatic rings.